The number of rotatable bonds is 4. The van der Waals surface area contributed by atoms with Gasteiger partial charge in [-0.1, -0.05) is 44.2 Å². The first-order valence-corrected chi connectivity index (χ1v) is 6.91. The van der Waals surface area contributed by atoms with Crippen molar-refractivity contribution in [1.82, 2.24) is 9.97 Å². The van der Waals surface area contributed by atoms with Crippen LogP contribution in [0.15, 0.2) is 35.1 Å². The molecule has 1 heterocycles. The Kier molecular flexibility index (Phi) is 3.93. The van der Waals surface area contributed by atoms with Crippen molar-refractivity contribution in [3.8, 4) is 5.88 Å². The van der Waals surface area contributed by atoms with Gasteiger partial charge in [-0.15, -0.1) is 0 Å². The van der Waals surface area contributed by atoms with Crippen molar-refractivity contribution >= 4 is 0 Å². The Morgan fingerprint density at radius 3 is 2.30 bits per heavy atom. The number of nitrogens with one attached hydrogen (secondary N) is 1. The zero-order valence-corrected chi connectivity index (χ0v) is 12.1. The maximum absolute atomic E-state index is 11.9. The Hall–Kier alpha value is -2.10. The van der Waals surface area contributed by atoms with Crippen molar-refractivity contribution in [1.29, 1.82) is 0 Å². The van der Waals surface area contributed by atoms with E-state index >= 15 is 0 Å². The van der Waals surface area contributed by atoms with Crippen molar-refractivity contribution < 1.29 is 5.11 Å². The van der Waals surface area contributed by atoms with Gasteiger partial charge in [0.25, 0.3) is 5.56 Å². The molecule has 0 amide bonds. The van der Waals surface area contributed by atoms with E-state index in [4.69, 9.17) is 0 Å². The van der Waals surface area contributed by atoms with Gasteiger partial charge in [0.2, 0.25) is 5.88 Å². The van der Waals surface area contributed by atoms with E-state index in [2.05, 4.69) is 23.8 Å². The highest BCUT2D eigenvalue weighted by Gasteiger charge is 2.33. The predicted molar refractivity (Wildman–Crippen MR) is 79.1 cm³/mol. The first-order valence-electron chi connectivity index (χ1n) is 6.91. The van der Waals surface area contributed by atoms with E-state index < -0.39 is 0 Å². The molecule has 1 aromatic heterocycles. The third kappa shape index (κ3) is 2.22. The summed E-state index contributed by atoms with van der Waals surface area (Å²) in [6.45, 7) is 5.69. The molecule has 2 rings (SSSR count). The molecule has 4 heteroatoms. The van der Waals surface area contributed by atoms with Gasteiger partial charge in [-0.05, 0) is 25.3 Å². The van der Waals surface area contributed by atoms with Crippen LogP contribution in [-0.4, -0.2) is 15.1 Å². The Labute approximate surface area is 118 Å². The minimum absolute atomic E-state index is 0.189. The average molecular weight is 272 g/mol. The minimum Gasteiger partial charge on any atom is -0.493 e. The fourth-order valence-corrected chi connectivity index (χ4v) is 2.63. The Bertz CT molecular complexity index is 643. The van der Waals surface area contributed by atoms with E-state index in [1.807, 2.05) is 30.3 Å². The van der Waals surface area contributed by atoms with Gasteiger partial charge in [0, 0.05) is 0 Å². The third-order valence-corrected chi connectivity index (χ3v) is 4.11. The molecule has 0 unspecified atom stereocenters. The molecule has 20 heavy (non-hydrogen) atoms. The number of aromatic nitrogens is 2. The second-order valence-electron chi connectivity index (χ2n) is 5.02. The number of H-pyrrole nitrogens is 1. The standard InChI is InChI=1S/C16H20N2O2/c1-4-16(5-2,12-9-7-6-8-10-12)15-17-13(19)11(3)14(20)18-15/h6-10H,4-5H2,1-3H3,(H2,17,18,19,20). The van der Waals surface area contributed by atoms with E-state index in [1.54, 1.807) is 6.92 Å². The fourth-order valence-electron chi connectivity index (χ4n) is 2.63. The minimum atomic E-state index is -0.383. The topological polar surface area (TPSA) is 66.0 Å². The summed E-state index contributed by atoms with van der Waals surface area (Å²) in [5, 5.41) is 9.85. The van der Waals surface area contributed by atoms with Crippen molar-refractivity contribution in [3.05, 3.63) is 57.6 Å². The van der Waals surface area contributed by atoms with Gasteiger partial charge in [-0.25, -0.2) is 0 Å². The summed E-state index contributed by atoms with van der Waals surface area (Å²) < 4.78 is 0. The molecule has 2 aromatic rings. The molecule has 0 saturated heterocycles. The molecule has 0 spiro atoms. The zero-order valence-electron chi connectivity index (χ0n) is 12.1. The summed E-state index contributed by atoms with van der Waals surface area (Å²) in [7, 11) is 0. The van der Waals surface area contributed by atoms with E-state index in [9.17, 15) is 9.90 Å². The number of benzene rings is 1. The number of hydrogen-bond acceptors (Lipinski definition) is 3. The Balaban J connectivity index is 2.69. The number of aromatic amines is 1. The van der Waals surface area contributed by atoms with Gasteiger partial charge in [-0.3, -0.25) is 4.79 Å². The van der Waals surface area contributed by atoms with Crippen LogP contribution >= 0.6 is 0 Å². The molecule has 2 N–H and O–H groups in total. The fraction of sp³-hybridized carbons (Fsp3) is 0.375. The molecule has 0 saturated carbocycles. The van der Waals surface area contributed by atoms with Crippen LogP contribution in [0.3, 0.4) is 0 Å². The maximum atomic E-state index is 11.9. The first-order chi connectivity index (χ1) is 9.55. The second kappa shape index (κ2) is 5.49. The zero-order chi connectivity index (χ0) is 14.8. The van der Waals surface area contributed by atoms with Gasteiger partial charge in [-0.2, -0.15) is 4.98 Å². The molecule has 0 aliphatic rings. The number of hydrogen-bond donors (Lipinski definition) is 2. The van der Waals surface area contributed by atoms with Crippen LogP contribution < -0.4 is 5.56 Å². The molecule has 0 atom stereocenters. The lowest BCUT2D eigenvalue weighted by Crippen LogP contribution is -2.31. The smallest absolute Gasteiger partial charge is 0.257 e. The molecular weight excluding hydrogens is 252 g/mol. The molecule has 0 aliphatic carbocycles. The van der Waals surface area contributed by atoms with E-state index in [1.165, 1.54) is 0 Å². The molecule has 0 bridgehead atoms. The van der Waals surface area contributed by atoms with Gasteiger partial charge < -0.3 is 10.1 Å². The van der Waals surface area contributed by atoms with Crippen LogP contribution in [0.4, 0.5) is 0 Å². The monoisotopic (exact) mass is 272 g/mol. The Morgan fingerprint density at radius 1 is 1.20 bits per heavy atom. The SMILES string of the molecule is CCC(CC)(c1ccccc1)c1nc(O)c(C)c(=O)[nH]1. The molecule has 0 fully saturated rings. The largest absolute Gasteiger partial charge is 0.493 e. The summed E-state index contributed by atoms with van der Waals surface area (Å²) >= 11 is 0. The summed E-state index contributed by atoms with van der Waals surface area (Å²) in [5.41, 5.74) is 0.681. The summed E-state index contributed by atoms with van der Waals surface area (Å²) in [5.74, 6) is 0.341. The highest BCUT2D eigenvalue weighted by molar-refractivity contribution is 5.34. The third-order valence-electron chi connectivity index (χ3n) is 4.11. The highest BCUT2D eigenvalue weighted by Crippen LogP contribution is 2.36. The normalized spacial score (nSPS) is 11.6. The Morgan fingerprint density at radius 2 is 1.80 bits per heavy atom. The van der Waals surface area contributed by atoms with Crippen LogP contribution in [-0.2, 0) is 5.41 Å². The lowest BCUT2D eigenvalue weighted by atomic mass is 9.75. The highest BCUT2D eigenvalue weighted by atomic mass is 16.3. The van der Waals surface area contributed by atoms with Crippen LogP contribution in [0.1, 0.15) is 43.6 Å². The second-order valence-corrected chi connectivity index (χ2v) is 5.02. The van der Waals surface area contributed by atoms with Crippen LogP contribution in [0.2, 0.25) is 0 Å². The van der Waals surface area contributed by atoms with Crippen LogP contribution in [0.25, 0.3) is 0 Å². The van der Waals surface area contributed by atoms with Crippen molar-refractivity contribution in [2.75, 3.05) is 0 Å². The summed E-state index contributed by atoms with van der Waals surface area (Å²) in [4.78, 5) is 19.0. The molecule has 0 aliphatic heterocycles. The summed E-state index contributed by atoms with van der Waals surface area (Å²) in [6.07, 6.45) is 1.58. The summed E-state index contributed by atoms with van der Waals surface area (Å²) in [6, 6.07) is 9.97. The molecule has 1 aromatic carbocycles. The van der Waals surface area contributed by atoms with E-state index in [-0.39, 0.29) is 22.4 Å². The average Bonchev–Trinajstić information content (AvgIpc) is 2.47. The van der Waals surface area contributed by atoms with Gasteiger partial charge in [0.05, 0.1) is 11.0 Å². The van der Waals surface area contributed by atoms with Gasteiger partial charge in [0.1, 0.15) is 5.82 Å². The van der Waals surface area contributed by atoms with Crippen LogP contribution in [0, 0.1) is 6.92 Å². The van der Waals surface area contributed by atoms with Gasteiger partial charge in [0.15, 0.2) is 0 Å². The lowest BCUT2D eigenvalue weighted by Gasteiger charge is -2.31. The molecule has 106 valence electrons. The predicted octanol–water partition coefficient (Wildman–Crippen LogP) is 2.89. The number of nitrogens with zero attached hydrogens (tertiary/aromatic N) is 1. The maximum Gasteiger partial charge on any atom is 0.257 e. The van der Waals surface area contributed by atoms with Gasteiger partial charge >= 0.3 is 0 Å². The molecular formula is C16H20N2O2. The van der Waals surface area contributed by atoms with Crippen molar-refractivity contribution in [2.45, 2.75) is 39.0 Å². The van der Waals surface area contributed by atoms with E-state index in [0.29, 0.717) is 5.82 Å². The van der Waals surface area contributed by atoms with Crippen LogP contribution in [0.5, 0.6) is 5.88 Å². The molecule has 4 nitrogen and oxygen atoms in total. The lowest BCUT2D eigenvalue weighted by molar-refractivity contribution is 0.409. The quantitative estimate of drug-likeness (QED) is 0.899. The van der Waals surface area contributed by atoms with E-state index in [0.717, 1.165) is 18.4 Å². The van der Waals surface area contributed by atoms with Crippen molar-refractivity contribution in [2.24, 2.45) is 0 Å². The van der Waals surface area contributed by atoms with Crippen molar-refractivity contribution in [3.63, 3.8) is 0 Å². The molecule has 0 radical (unpaired) electrons. The number of aromatic hydroxyl groups is 1. The first kappa shape index (κ1) is 14.3.